The fourth-order valence-corrected chi connectivity index (χ4v) is 2.93. The summed E-state index contributed by atoms with van der Waals surface area (Å²) in [6.07, 6.45) is 4.36. The molecule has 25 heavy (non-hydrogen) atoms. The Hall–Kier alpha value is -3.30. The molecule has 0 spiro atoms. The van der Waals surface area contributed by atoms with Crippen LogP contribution >= 0.6 is 0 Å². The molecule has 1 saturated heterocycles. The third-order valence-corrected chi connectivity index (χ3v) is 4.13. The summed E-state index contributed by atoms with van der Waals surface area (Å²) in [5.41, 5.74) is -0.0589. The summed E-state index contributed by atoms with van der Waals surface area (Å²) in [6, 6.07) is 3.07. The molecule has 1 amide bonds. The summed E-state index contributed by atoms with van der Waals surface area (Å²) >= 11 is 0. The highest BCUT2D eigenvalue weighted by atomic mass is 16.6. The number of hydrogen-bond acceptors (Lipinski definition) is 6. The smallest absolute Gasteiger partial charge is 0.326 e. The van der Waals surface area contributed by atoms with E-state index in [9.17, 15) is 24.8 Å². The number of piperidine rings is 1. The Morgan fingerprint density at radius 2 is 2.12 bits per heavy atom. The third-order valence-electron chi connectivity index (χ3n) is 4.13. The molecule has 1 aromatic heterocycles. The lowest BCUT2D eigenvalue weighted by Gasteiger charge is -2.33. The Kier molecular flexibility index (Phi) is 4.42. The molecule has 10 heteroatoms. The molecule has 1 aliphatic heterocycles. The Labute approximate surface area is 141 Å². The number of benzene rings is 1. The first-order chi connectivity index (χ1) is 12.0. The number of carbonyl (C=O) groups is 2. The lowest BCUT2D eigenvalue weighted by atomic mass is 10.0. The largest absolute Gasteiger partial charge is 0.480 e. The van der Waals surface area contributed by atoms with E-state index in [-0.39, 0.29) is 16.9 Å². The van der Waals surface area contributed by atoms with Gasteiger partial charge >= 0.3 is 5.97 Å². The minimum absolute atomic E-state index is 0.0729. The van der Waals surface area contributed by atoms with Crippen LogP contribution < -0.4 is 0 Å². The summed E-state index contributed by atoms with van der Waals surface area (Å²) in [5.74, 6) is -1.60. The zero-order valence-corrected chi connectivity index (χ0v) is 13.1. The van der Waals surface area contributed by atoms with Gasteiger partial charge in [-0.3, -0.25) is 14.9 Å². The summed E-state index contributed by atoms with van der Waals surface area (Å²) < 4.78 is 1.23. The molecule has 1 aliphatic rings. The van der Waals surface area contributed by atoms with Gasteiger partial charge in [0.05, 0.1) is 4.92 Å². The monoisotopic (exact) mass is 345 g/mol. The summed E-state index contributed by atoms with van der Waals surface area (Å²) in [4.78, 5) is 39.8. The van der Waals surface area contributed by atoms with Crippen LogP contribution in [0.25, 0.3) is 5.69 Å². The van der Waals surface area contributed by atoms with Crippen LogP contribution in [0.1, 0.15) is 29.6 Å². The number of carbonyl (C=O) groups excluding carboxylic acids is 1. The van der Waals surface area contributed by atoms with Crippen molar-refractivity contribution in [2.45, 2.75) is 25.3 Å². The second kappa shape index (κ2) is 6.67. The van der Waals surface area contributed by atoms with Crippen molar-refractivity contribution in [3.63, 3.8) is 0 Å². The molecule has 0 unspecified atom stereocenters. The first kappa shape index (κ1) is 16.6. The Bertz CT molecular complexity index is 820. The lowest BCUT2D eigenvalue weighted by molar-refractivity contribution is -0.384. The van der Waals surface area contributed by atoms with Crippen LogP contribution in [-0.4, -0.2) is 54.2 Å². The fraction of sp³-hybridized carbons (Fsp3) is 0.333. The molecular weight excluding hydrogens is 330 g/mol. The molecule has 1 fully saturated rings. The van der Waals surface area contributed by atoms with Gasteiger partial charge in [0.2, 0.25) is 0 Å². The molecule has 0 radical (unpaired) electrons. The lowest BCUT2D eigenvalue weighted by Crippen LogP contribution is -2.48. The van der Waals surface area contributed by atoms with Crippen molar-refractivity contribution in [1.29, 1.82) is 0 Å². The molecule has 130 valence electrons. The van der Waals surface area contributed by atoms with Crippen molar-refractivity contribution in [3.05, 3.63) is 46.5 Å². The van der Waals surface area contributed by atoms with Gasteiger partial charge in [0.25, 0.3) is 11.6 Å². The highest BCUT2D eigenvalue weighted by Crippen LogP contribution is 2.26. The molecule has 10 nitrogen and oxygen atoms in total. The highest BCUT2D eigenvalue weighted by Gasteiger charge is 2.33. The maximum Gasteiger partial charge on any atom is 0.326 e. The molecule has 1 atom stereocenters. The topological polar surface area (TPSA) is 131 Å². The average Bonchev–Trinajstić information content (AvgIpc) is 3.15. The van der Waals surface area contributed by atoms with Gasteiger partial charge in [-0.1, -0.05) is 0 Å². The van der Waals surface area contributed by atoms with E-state index in [1.54, 1.807) is 0 Å². The van der Waals surface area contributed by atoms with E-state index >= 15 is 0 Å². The number of aromatic nitrogens is 3. The fourth-order valence-electron chi connectivity index (χ4n) is 2.93. The molecule has 2 aromatic rings. The van der Waals surface area contributed by atoms with Crippen molar-refractivity contribution < 1.29 is 19.6 Å². The van der Waals surface area contributed by atoms with E-state index in [2.05, 4.69) is 10.1 Å². The highest BCUT2D eigenvalue weighted by molar-refractivity contribution is 5.97. The second-order valence-corrected chi connectivity index (χ2v) is 5.65. The van der Waals surface area contributed by atoms with E-state index in [4.69, 9.17) is 0 Å². The maximum absolute atomic E-state index is 12.7. The van der Waals surface area contributed by atoms with Crippen molar-refractivity contribution >= 4 is 17.6 Å². The predicted octanol–water partition coefficient (Wildman–Crippen LogP) is 1.25. The van der Waals surface area contributed by atoms with Gasteiger partial charge in [0.1, 0.15) is 24.4 Å². The van der Waals surface area contributed by atoms with Gasteiger partial charge in [-0.05, 0) is 31.4 Å². The summed E-state index contributed by atoms with van der Waals surface area (Å²) in [7, 11) is 0. The number of hydrogen-bond donors (Lipinski definition) is 1. The van der Waals surface area contributed by atoms with Crippen LogP contribution in [0.4, 0.5) is 5.69 Å². The number of carboxylic acids is 1. The molecule has 1 N–H and O–H groups in total. The third kappa shape index (κ3) is 3.18. The number of likely N-dealkylation sites (tertiary alicyclic amines) is 1. The van der Waals surface area contributed by atoms with Gasteiger partial charge in [0, 0.05) is 18.2 Å². The number of nitro benzene ring substituents is 1. The molecule has 0 bridgehead atoms. The number of nitrogens with zero attached hydrogens (tertiary/aromatic N) is 5. The second-order valence-electron chi connectivity index (χ2n) is 5.65. The van der Waals surface area contributed by atoms with Gasteiger partial charge in [0.15, 0.2) is 0 Å². The molecule has 3 rings (SSSR count). The zero-order valence-electron chi connectivity index (χ0n) is 13.1. The SMILES string of the molecule is O=C(O)[C@H]1CCCCN1C(=O)c1ccc(-n2cncn2)c([N+](=O)[O-])c1. The first-order valence-corrected chi connectivity index (χ1v) is 7.66. The van der Waals surface area contributed by atoms with Gasteiger partial charge in [-0.15, -0.1) is 0 Å². The van der Waals surface area contributed by atoms with E-state index in [0.29, 0.717) is 19.4 Å². The van der Waals surface area contributed by atoms with Crippen LogP contribution in [0.3, 0.4) is 0 Å². The summed E-state index contributed by atoms with van der Waals surface area (Å²) in [5, 5.41) is 24.5. The van der Waals surface area contributed by atoms with Crippen LogP contribution in [0.2, 0.25) is 0 Å². The van der Waals surface area contributed by atoms with Crippen molar-refractivity contribution in [1.82, 2.24) is 19.7 Å². The standard InChI is InChI=1S/C15H15N5O5/c21-14(18-6-2-1-3-12(18)15(22)23)10-4-5-11(13(7-10)20(24)25)19-9-16-8-17-19/h4-5,7-9,12H,1-3,6H2,(H,22,23)/t12-/m1/s1. The van der Waals surface area contributed by atoms with Gasteiger partial charge in [-0.25, -0.2) is 14.5 Å². The Morgan fingerprint density at radius 1 is 1.32 bits per heavy atom. The molecule has 0 aliphatic carbocycles. The normalized spacial score (nSPS) is 17.3. The minimum Gasteiger partial charge on any atom is -0.480 e. The molecule has 0 saturated carbocycles. The number of amides is 1. The molecular formula is C15H15N5O5. The molecule has 1 aromatic carbocycles. The Balaban J connectivity index is 1.97. The van der Waals surface area contributed by atoms with Crippen molar-refractivity contribution in [3.8, 4) is 5.69 Å². The Morgan fingerprint density at radius 3 is 2.76 bits per heavy atom. The van der Waals surface area contributed by atoms with Crippen LogP contribution in [-0.2, 0) is 4.79 Å². The predicted molar refractivity (Wildman–Crippen MR) is 84.3 cm³/mol. The molecule has 2 heterocycles. The number of rotatable bonds is 4. The van der Waals surface area contributed by atoms with Crippen molar-refractivity contribution in [2.75, 3.05) is 6.54 Å². The van der Waals surface area contributed by atoms with Gasteiger partial charge < -0.3 is 10.0 Å². The first-order valence-electron chi connectivity index (χ1n) is 7.66. The minimum atomic E-state index is -1.07. The number of carboxylic acid groups (broad SMARTS) is 1. The zero-order chi connectivity index (χ0) is 18.0. The van der Waals surface area contributed by atoms with Gasteiger partial charge in [-0.2, -0.15) is 5.10 Å². The number of aliphatic carboxylic acids is 1. The maximum atomic E-state index is 12.7. The van der Waals surface area contributed by atoms with E-state index in [0.717, 1.165) is 12.5 Å². The van der Waals surface area contributed by atoms with Crippen LogP contribution in [0.5, 0.6) is 0 Å². The number of nitro groups is 1. The van der Waals surface area contributed by atoms with E-state index < -0.39 is 22.8 Å². The van der Waals surface area contributed by atoms with Crippen LogP contribution in [0, 0.1) is 10.1 Å². The quantitative estimate of drug-likeness (QED) is 0.651. The average molecular weight is 345 g/mol. The van der Waals surface area contributed by atoms with E-state index in [1.807, 2.05) is 0 Å². The summed E-state index contributed by atoms with van der Waals surface area (Å²) in [6.45, 7) is 0.314. The van der Waals surface area contributed by atoms with Crippen molar-refractivity contribution in [2.24, 2.45) is 0 Å². The van der Waals surface area contributed by atoms with Crippen LogP contribution in [0.15, 0.2) is 30.9 Å². The van der Waals surface area contributed by atoms with E-state index in [1.165, 1.54) is 34.4 Å².